The lowest BCUT2D eigenvalue weighted by atomic mass is 10.0. The Bertz CT molecular complexity index is 860. The maximum Gasteiger partial charge on any atom is 0.354 e. The van der Waals surface area contributed by atoms with Gasteiger partial charge in [-0.15, -0.1) is 0 Å². The van der Waals surface area contributed by atoms with Gasteiger partial charge in [0.15, 0.2) is 0 Å². The highest BCUT2D eigenvalue weighted by Crippen LogP contribution is 2.26. The van der Waals surface area contributed by atoms with E-state index in [4.69, 9.17) is 4.74 Å². The van der Waals surface area contributed by atoms with Gasteiger partial charge in [0.05, 0.1) is 18.8 Å². The fourth-order valence-electron chi connectivity index (χ4n) is 3.54. The van der Waals surface area contributed by atoms with E-state index in [9.17, 15) is 18.4 Å². The molecule has 0 bridgehead atoms. The number of nitrogens with zero attached hydrogens (tertiary/aromatic N) is 2. The summed E-state index contributed by atoms with van der Waals surface area (Å²) < 4.78 is 33.7. The molecule has 6 nitrogen and oxygen atoms in total. The number of carbonyl (C=O) groups is 2. The predicted molar refractivity (Wildman–Crippen MR) is 100 cm³/mol. The van der Waals surface area contributed by atoms with Gasteiger partial charge < -0.3 is 14.6 Å². The Kier molecular flexibility index (Phi) is 6.08. The predicted octanol–water partition coefficient (Wildman–Crippen LogP) is 3.22. The number of hydrogen-bond acceptors (Lipinski definition) is 4. The Morgan fingerprint density at radius 3 is 2.61 bits per heavy atom. The first-order chi connectivity index (χ1) is 13.4. The van der Waals surface area contributed by atoms with Crippen LogP contribution in [-0.4, -0.2) is 47.6 Å². The number of hydrogen-bond donors (Lipinski definition) is 1. The van der Waals surface area contributed by atoms with Gasteiger partial charge in [0.25, 0.3) is 0 Å². The second-order valence-corrected chi connectivity index (χ2v) is 6.85. The third-order valence-corrected chi connectivity index (χ3v) is 5.18. The number of ether oxygens (including phenoxy) is 1. The maximum atomic E-state index is 13.7. The molecule has 0 aliphatic carbocycles. The minimum Gasteiger partial charge on any atom is -0.464 e. The van der Waals surface area contributed by atoms with Crippen molar-refractivity contribution in [3.05, 3.63) is 53.9 Å². The summed E-state index contributed by atoms with van der Waals surface area (Å²) in [6.45, 7) is 3.02. The van der Waals surface area contributed by atoms with Crippen LogP contribution in [0.15, 0.2) is 36.5 Å². The van der Waals surface area contributed by atoms with E-state index >= 15 is 0 Å². The van der Waals surface area contributed by atoms with Gasteiger partial charge in [0, 0.05) is 31.4 Å². The summed E-state index contributed by atoms with van der Waals surface area (Å²) in [6.07, 6.45) is 3.37. The molecule has 1 saturated heterocycles. The number of likely N-dealkylation sites (tertiary alicyclic amines) is 1. The highest BCUT2D eigenvalue weighted by Gasteiger charge is 2.29. The molecule has 1 aliphatic heterocycles. The monoisotopic (exact) mass is 391 g/mol. The summed E-state index contributed by atoms with van der Waals surface area (Å²) in [7, 11) is 1.35. The van der Waals surface area contributed by atoms with E-state index in [0.29, 0.717) is 18.8 Å². The molecule has 1 atom stereocenters. The SMILES string of the molecule is COC(=O)c1cccn1C1CCN(C(C)C(=O)Nc2cc(F)ccc2F)CC1. The molecule has 1 aromatic heterocycles. The molecule has 1 aromatic carbocycles. The summed E-state index contributed by atoms with van der Waals surface area (Å²) in [4.78, 5) is 26.3. The van der Waals surface area contributed by atoms with E-state index in [-0.39, 0.29) is 23.6 Å². The maximum absolute atomic E-state index is 13.7. The van der Waals surface area contributed by atoms with Gasteiger partial charge in [-0.2, -0.15) is 0 Å². The van der Waals surface area contributed by atoms with Gasteiger partial charge in [-0.25, -0.2) is 13.6 Å². The number of methoxy groups -OCH3 is 1. The van der Waals surface area contributed by atoms with Crippen molar-refractivity contribution in [3.63, 3.8) is 0 Å². The second-order valence-electron chi connectivity index (χ2n) is 6.85. The molecule has 1 fully saturated rings. The Morgan fingerprint density at radius 1 is 1.21 bits per heavy atom. The molecule has 1 amide bonds. The molecule has 0 radical (unpaired) electrons. The lowest BCUT2D eigenvalue weighted by molar-refractivity contribution is -0.121. The molecule has 28 heavy (non-hydrogen) atoms. The Morgan fingerprint density at radius 2 is 1.93 bits per heavy atom. The molecule has 1 aliphatic rings. The normalized spacial score (nSPS) is 16.6. The largest absolute Gasteiger partial charge is 0.464 e. The van der Waals surface area contributed by atoms with Crippen molar-refractivity contribution in [1.29, 1.82) is 0 Å². The summed E-state index contributed by atoms with van der Waals surface area (Å²) in [5.74, 6) is -2.06. The fraction of sp³-hybridized carbons (Fsp3) is 0.400. The molecule has 8 heteroatoms. The topological polar surface area (TPSA) is 63.6 Å². The molecular formula is C20H23F2N3O3. The van der Waals surface area contributed by atoms with Crippen LogP contribution in [0.3, 0.4) is 0 Å². The number of piperidine rings is 1. The van der Waals surface area contributed by atoms with E-state index in [2.05, 4.69) is 5.32 Å². The van der Waals surface area contributed by atoms with Gasteiger partial charge in [-0.1, -0.05) is 0 Å². The third-order valence-electron chi connectivity index (χ3n) is 5.18. The molecule has 0 saturated carbocycles. The van der Waals surface area contributed by atoms with Gasteiger partial charge in [0.2, 0.25) is 5.91 Å². The summed E-state index contributed by atoms with van der Waals surface area (Å²) in [5, 5.41) is 2.46. The van der Waals surface area contributed by atoms with Gasteiger partial charge in [-0.3, -0.25) is 9.69 Å². The number of carbonyl (C=O) groups excluding carboxylic acids is 2. The van der Waals surface area contributed by atoms with Crippen molar-refractivity contribution in [2.24, 2.45) is 0 Å². The van der Waals surface area contributed by atoms with E-state index in [1.54, 1.807) is 13.0 Å². The Labute approximate surface area is 162 Å². The van der Waals surface area contributed by atoms with E-state index < -0.39 is 17.7 Å². The highest BCUT2D eigenvalue weighted by molar-refractivity contribution is 5.94. The van der Waals surface area contributed by atoms with E-state index in [1.807, 2.05) is 21.7 Å². The first-order valence-corrected chi connectivity index (χ1v) is 9.16. The number of nitrogens with one attached hydrogen (secondary N) is 1. The standard InChI is InChI=1S/C20H23F2N3O3/c1-13(19(26)23-17-12-14(21)5-6-16(17)22)24-10-7-15(8-11-24)25-9-3-4-18(25)20(27)28-2/h3-6,9,12-13,15H,7-8,10-11H2,1-2H3,(H,23,26). The number of anilines is 1. The molecule has 3 rings (SSSR count). The van der Waals surface area contributed by atoms with E-state index in [0.717, 1.165) is 31.0 Å². The minimum atomic E-state index is -0.677. The molecule has 2 aromatic rings. The fourth-order valence-corrected chi connectivity index (χ4v) is 3.54. The zero-order valence-corrected chi connectivity index (χ0v) is 15.8. The zero-order valence-electron chi connectivity index (χ0n) is 15.8. The molecule has 1 N–H and O–H groups in total. The van der Waals surface area contributed by atoms with Crippen LogP contribution in [0.2, 0.25) is 0 Å². The van der Waals surface area contributed by atoms with Crippen LogP contribution in [0.25, 0.3) is 0 Å². The van der Waals surface area contributed by atoms with Crippen LogP contribution in [0.1, 0.15) is 36.3 Å². The average Bonchev–Trinajstić information content (AvgIpc) is 3.19. The van der Waals surface area contributed by atoms with Gasteiger partial charge >= 0.3 is 5.97 Å². The number of amides is 1. The van der Waals surface area contributed by atoms with Crippen LogP contribution in [0.4, 0.5) is 14.5 Å². The lowest BCUT2D eigenvalue weighted by Crippen LogP contribution is -2.46. The van der Waals surface area contributed by atoms with Crippen molar-refractivity contribution < 1.29 is 23.1 Å². The second kappa shape index (κ2) is 8.52. The smallest absolute Gasteiger partial charge is 0.354 e. The first-order valence-electron chi connectivity index (χ1n) is 9.16. The third kappa shape index (κ3) is 4.22. The van der Waals surface area contributed by atoms with Crippen LogP contribution in [0.5, 0.6) is 0 Å². The van der Waals surface area contributed by atoms with Crippen molar-refractivity contribution in [2.45, 2.75) is 31.8 Å². The molecule has 150 valence electrons. The van der Waals surface area contributed by atoms with Crippen molar-refractivity contribution in [1.82, 2.24) is 9.47 Å². The van der Waals surface area contributed by atoms with Crippen molar-refractivity contribution >= 4 is 17.6 Å². The molecular weight excluding hydrogens is 368 g/mol. The van der Waals surface area contributed by atoms with Gasteiger partial charge in [0.1, 0.15) is 17.3 Å². The number of esters is 1. The van der Waals surface area contributed by atoms with Crippen LogP contribution in [0, 0.1) is 11.6 Å². The summed E-state index contributed by atoms with van der Waals surface area (Å²) >= 11 is 0. The number of rotatable bonds is 5. The van der Waals surface area contributed by atoms with Crippen molar-refractivity contribution in [3.8, 4) is 0 Å². The first kappa shape index (κ1) is 20.0. The molecule has 1 unspecified atom stereocenters. The number of benzene rings is 1. The summed E-state index contributed by atoms with van der Waals surface area (Å²) in [6, 6.07) is 6.13. The molecule has 2 heterocycles. The lowest BCUT2D eigenvalue weighted by Gasteiger charge is -2.36. The minimum absolute atomic E-state index is 0.135. The number of halogens is 2. The Hall–Kier alpha value is -2.74. The van der Waals surface area contributed by atoms with Crippen molar-refractivity contribution in [2.75, 3.05) is 25.5 Å². The average molecular weight is 391 g/mol. The van der Waals surface area contributed by atoms with E-state index in [1.165, 1.54) is 7.11 Å². The van der Waals surface area contributed by atoms with Crippen LogP contribution >= 0.6 is 0 Å². The molecule has 0 spiro atoms. The quantitative estimate of drug-likeness (QED) is 0.795. The van der Waals surface area contributed by atoms with Crippen LogP contribution in [-0.2, 0) is 9.53 Å². The van der Waals surface area contributed by atoms with Crippen LogP contribution < -0.4 is 5.32 Å². The van der Waals surface area contributed by atoms with Gasteiger partial charge in [-0.05, 0) is 44.0 Å². The number of aromatic nitrogens is 1. The highest BCUT2D eigenvalue weighted by atomic mass is 19.1. The Balaban J connectivity index is 1.60. The summed E-state index contributed by atoms with van der Waals surface area (Å²) in [5.41, 5.74) is 0.343. The zero-order chi connectivity index (χ0) is 20.3.